The quantitative estimate of drug-likeness (QED) is 0.868. The second-order valence-corrected chi connectivity index (χ2v) is 3.98. The van der Waals surface area contributed by atoms with Crippen molar-refractivity contribution < 1.29 is 14.0 Å². The molecule has 5 heteroatoms. The third-order valence-corrected chi connectivity index (χ3v) is 2.46. The Morgan fingerprint density at radius 3 is 3.12 bits per heavy atom. The summed E-state index contributed by atoms with van der Waals surface area (Å²) < 4.78 is 12.9. The summed E-state index contributed by atoms with van der Waals surface area (Å²) in [7, 11) is 0. The predicted octanol–water partition coefficient (Wildman–Crippen LogP) is 1.72. The Labute approximate surface area is 98.5 Å². The molecule has 1 amide bonds. The lowest BCUT2D eigenvalue weighted by atomic mass is 10.2. The molecule has 4 nitrogen and oxygen atoms in total. The Morgan fingerprint density at radius 1 is 1.65 bits per heavy atom. The van der Waals surface area contributed by atoms with E-state index in [1.165, 1.54) is 18.2 Å². The van der Waals surface area contributed by atoms with E-state index in [1.54, 1.807) is 6.07 Å². The van der Waals surface area contributed by atoms with E-state index in [2.05, 4.69) is 10.5 Å². The van der Waals surface area contributed by atoms with Gasteiger partial charge in [0.25, 0.3) is 5.91 Å². The van der Waals surface area contributed by atoms with E-state index in [0.29, 0.717) is 18.5 Å². The van der Waals surface area contributed by atoms with Crippen LogP contribution in [0.25, 0.3) is 0 Å². The first-order valence-corrected chi connectivity index (χ1v) is 5.38. The highest BCUT2D eigenvalue weighted by molar-refractivity contribution is 5.94. The number of carbonyl (C=O) groups is 1. The zero-order valence-corrected chi connectivity index (χ0v) is 9.44. The van der Waals surface area contributed by atoms with E-state index in [1.807, 2.05) is 6.92 Å². The number of rotatable bonds is 3. The Kier molecular flexibility index (Phi) is 3.37. The van der Waals surface area contributed by atoms with Crippen molar-refractivity contribution in [3.05, 3.63) is 35.6 Å². The lowest BCUT2D eigenvalue weighted by Gasteiger charge is -2.09. The molecule has 0 aliphatic carbocycles. The number of nitrogens with one attached hydrogen (secondary N) is 1. The van der Waals surface area contributed by atoms with E-state index in [9.17, 15) is 9.18 Å². The van der Waals surface area contributed by atoms with E-state index < -0.39 is 5.82 Å². The van der Waals surface area contributed by atoms with Gasteiger partial charge in [-0.25, -0.2) is 4.39 Å². The van der Waals surface area contributed by atoms with Crippen LogP contribution in [0.3, 0.4) is 0 Å². The van der Waals surface area contributed by atoms with E-state index in [0.717, 1.165) is 5.71 Å². The highest BCUT2D eigenvalue weighted by Crippen LogP contribution is 2.09. The third kappa shape index (κ3) is 3.03. The fourth-order valence-corrected chi connectivity index (χ4v) is 1.62. The molecule has 0 saturated heterocycles. The van der Waals surface area contributed by atoms with Gasteiger partial charge in [0.2, 0.25) is 0 Å². The van der Waals surface area contributed by atoms with Gasteiger partial charge in [0.1, 0.15) is 11.9 Å². The smallest absolute Gasteiger partial charge is 0.251 e. The van der Waals surface area contributed by atoms with Crippen LogP contribution in [0.5, 0.6) is 0 Å². The Hall–Kier alpha value is -1.91. The molecule has 0 bridgehead atoms. The second kappa shape index (κ2) is 4.95. The molecule has 0 spiro atoms. The molecular weight excluding hydrogens is 223 g/mol. The van der Waals surface area contributed by atoms with Crippen molar-refractivity contribution in [2.24, 2.45) is 5.16 Å². The van der Waals surface area contributed by atoms with Gasteiger partial charge in [0.15, 0.2) is 0 Å². The first-order valence-electron chi connectivity index (χ1n) is 5.38. The number of halogens is 1. The zero-order valence-electron chi connectivity index (χ0n) is 9.44. The average Bonchev–Trinajstić information content (AvgIpc) is 2.72. The van der Waals surface area contributed by atoms with Crippen molar-refractivity contribution >= 4 is 11.6 Å². The Bertz CT molecular complexity index is 460. The predicted molar refractivity (Wildman–Crippen MR) is 61.3 cm³/mol. The number of hydrogen-bond acceptors (Lipinski definition) is 3. The van der Waals surface area contributed by atoms with E-state index in [4.69, 9.17) is 4.84 Å². The maximum absolute atomic E-state index is 12.9. The summed E-state index contributed by atoms with van der Waals surface area (Å²) in [6, 6.07) is 5.57. The standard InChI is InChI=1S/C12H13FN2O2/c1-8-5-11(17-15-8)7-14-12(16)9-3-2-4-10(13)6-9/h2-4,6,11H,5,7H2,1H3,(H,14,16). The van der Waals surface area contributed by atoms with Crippen LogP contribution in [0.4, 0.5) is 4.39 Å². The molecule has 17 heavy (non-hydrogen) atoms. The van der Waals surface area contributed by atoms with Gasteiger partial charge < -0.3 is 10.2 Å². The minimum Gasteiger partial charge on any atom is -0.390 e. The van der Waals surface area contributed by atoms with Gasteiger partial charge in [-0.3, -0.25) is 4.79 Å². The molecule has 90 valence electrons. The highest BCUT2D eigenvalue weighted by atomic mass is 19.1. The van der Waals surface area contributed by atoms with Gasteiger partial charge in [-0.1, -0.05) is 11.2 Å². The van der Waals surface area contributed by atoms with Crippen LogP contribution in [-0.2, 0) is 4.84 Å². The van der Waals surface area contributed by atoms with Crippen molar-refractivity contribution in [3.8, 4) is 0 Å². The molecule has 1 heterocycles. The van der Waals surface area contributed by atoms with Crippen LogP contribution in [0.15, 0.2) is 29.4 Å². The van der Waals surface area contributed by atoms with Gasteiger partial charge >= 0.3 is 0 Å². The third-order valence-electron chi connectivity index (χ3n) is 2.46. The monoisotopic (exact) mass is 236 g/mol. The number of amides is 1. The number of carbonyl (C=O) groups excluding carboxylic acids is 1. The molecule has 1 atom stereocenters. The van der Waals surface area contributed by atoms with Gasteiger partial charge in [-0.15, -0.1) is 0 Å². The van der Waals surface area contributed by atoms with Gasteiger partial charge in [-0.05, 0) is 25.1 Å². The Balaban J connectivity index is 1.86. The normalized spacial score (nSPS) is 18.5. The summed E-state index contributed by atoms with van der Waals surface area (Å²) in [4.78, 5) is 16.7. The Morgan fingerprint density at radius 2 is 2.47 bits per heavy atom. The van der Waals surface area contributed by atoms with E-state index in [-0.39, 0.29) is 12.0 Å². The largest absolute Gasteiger partial charge is 0.390 e. The molecule has 1 aliphatic heterocycles. The summed E-state index contributed by atoms with van der Waals surface area (Å²) in [6.07, 6.45) is 0.594. The maximum atomic E-state index is 12.9. The van der Waals surface area contributed by atoms with Crippen LogP contribution in [-0.4, -0.2) is 24.3 Å². The molecule has 1 aromatic rings. The summed E-state index contributed by atoms with van der Waals surface area (Å²) in [5.74, 6) is -0.730. The number of hydrogen-bond donors (Lipinski definition) is 1. The van der Waals surface area contributed by atoms with Crippen molar-refractivity contribution in [1.29, 1.82) is 0 Å². The molecule has 0 aromatic heterocycles. The lowest BCUT2D eigenvalue weighted by molar-refractivity contribution is 0.0753. The minimum atomic E-state index is -0.422. The molecule has 1 unspecified atom stereocenters. The number of nitrogens with zero attached hydrogens (tertiary/aromatic N) is 1. The first-order chi connectivity index (χ1) is 8.15. The summed E-state index contributed by atoms with van der Waals surface area (Å²) in [5, 5.41) is 6.47. The molecule has 0 radical (unpaired) electrons. The highest BCUT2D eigenvalue weighted by Gasteiger charge is 2.18. The first kappa shape index (κ1) is 11.6. The molecule has 0 saturated carbocycles. The molecular formula is C12H13FN2O2. The number of oxime groups is 1. The topological polar surface area (TPSA) is 50.7 Å². The van der Waals surface area contributed by atoms with Crippen LogP contribution in [0.1, 0.15) is 23.7 Å². The molecule has 1 N–H and O–H groups in total. The van der Waals surface area contributed by atoms with Crippen molar-refractivity contribution in [1.82, 2.24) is 5.32 Å². The average molecular weight is 236 g/mol. The van der Waals surface area contributed by atoms with Crippen LogP contribution in [0, 0.1) is 5.82 Å². The van der Waals surface area contributed by atoms with Crippen LogP contribution in [0.2, 0.25) is 0 Å². The van der Waals surface area contributed by atoms with Gasteiger partial charge in [0.05, 0.1) is 12.3 Å². The minimum absolute atomic E-state index is 0.118. The van der Waals surface area contributed by atoms with Crippen LogP contribution >= 0.6 is 0 Å². The van der Waals surface area contributed by atoms with E-state index >= 15 is 0 Å². The summed E-state index contributed by atoms with van der Waals surface area (Å²) in [5.41, 5.74) is 1.22. The van der Waals surface area contributed by atoms with Crippen LogP contribution < -0.4 is 5.32 Å². The molecule has 1 aliphatic rings. The van der Waals surface area contributed by atoms with Gasteiger partial charge in [0, 0.05) is 12.0 Å². The molecule has 2 rings (SSSR count). The maximum Gasteiger partial charge on any atom is 0.251 e. The van der Waals surface area contributed by atoms with Crippen molar-refractivity contribution in [2.75, 3.05) is 6.54 Å². The molecule has 0 fully saturated rings. The molecule has 1 aromatic carbocycles. The fraction of sp³-hybridized carbons (Fsp3) is 0.333. The summed E-state index contributed by atoms with van der Waals surface area (Å²) in [6.45, 7) is 2.24. The number of benzene rings is 1. The van der Waals surface area contributed by atoms with Gasteiger partial charge in [-0.2, -0.15) is 0 Å². The SMILES string of the molecule is CC1=NOC(CNC(=O)c2cccc(F)c2)C1. The fourth-order valence-electron chi connectivity index (χ4n) is 1.62. The summed E-state index contributed by atoms with van der Waals surface area (Å²) >= 11 is 0. The van der Waals surface area contributed by atoms with Crippen molar-refractivity contribution in [3.63, 3.8) is 0 Å². The zero-order chi connectivity index (χ0) is 12.3. The lowest BCUT2D eigenvalue weighted by Crippen LogP contribution is -2.32. The van der Waals surface area contributed by atoms with Crippen molar-refractivity contribution in [2.45, 2.75) is 19.4 Å². The second-order valence-electron chi connectivity index (χ2n) is 3.98.